The normalized spacial score (nSPS) is 25.0. The van der Waals surface area contributed by atoms with Crippen molar-refractivity contribution in [1.82, 2.24) is 9.62 Å². The molecule has 4 nitrogen and oxygen atoms in total. The van der Waals surface area contributed by atoms with E-state index in [1.807, 2.05) is 27.7 Å². The topological polar surface area (TPSA) is 49.4 Å². The van der Waals surface area contributed by atoms with Crippen molar-refractivity contribution < 1.29 is 8.42 Å². The van der Waals surface area contributed by atoms with Crippen LogP contribution in [0.4, 0.5) is 0 Å². The minimum atomic E-state index is -3.40. The highest BCUT2D eigenvalue weighted by atomic mass is 35.5. The van der Waals surface area contributed by atoms with Crippen LogP contribution in [0.1, 0.15) is 35.1 Å². The van der Waals surface area contributed by atoms with Crippen molar-refractivity contribution in [3.8, 4) is 0 Å². The molecule has 2 aliphatic heterocycles. The second-order valence-electron chi connectivity index (χ2n) is 7.10. The molecule has 0 saturated carbocycles. The highest BCUT2D eigenvalue weighted by Crippen LogP contribution is 2.39. The molecule has 6 heteroatoms. The minimum Gasteiger partial charge on any atom is -0.316 e. The van der Waals surface area contributed by atoms with Crippen LogP contribution in [0.5, 0.6) is 0 Å². The lowest BCUT2D eigenvalue weighted by molar-refractivity contribution is 0.338. The minimum absolute atomic E-state index is 0. The van der Waals surface area contributed by atoms with Crippen molar-refractivity contribution in [3.63, 3.8) is 0 Å². The molecule has 1 atom stereocenters. The molecule has 1 aromatic rings. The quantitative estimate of drug-likeness (QED) is 0.884. The fourth-order valence-electron chi connectivity index (χ4n) is 3.94. The molecular weight excluding hydrogens is 332 g/mol. The van der Waals surface area contributed by atoms with Gasteiger partial charge in [-0.15, -0.1) is 12.4 Å². The first kappa shape index (κ1) is 18.7. The van der Waals surface area contributed by atoms with Crippen LogP contribution < -0.4 is 5.32 Å². The molecule has 2 saturated heterocycles. The Labute approximate surface area is 146 Å². The fraction of sp³-hybridized carbons (Fsp3) is 0.647. The van der Waals surface area contributed by atoms with Crippen LogP contribution in [0.15, 0.2) is 11.0 Å². The zero-order valence-electron chi connectivity index (χ0n) is 14.4. The monoisotopic (exact) mass is 358 g/mol. The molecule has 0 amide bonds. The fourth-order valence-corrected chi connectivity index (χ4v) is 6.07. The maximum absolute atomic E-state index is 13.2. The van der Waals surface area contributed by atoms with Crippen molar-refractivity contribution in [2.75, 3.05) is 26.2 Å². The summed E-state index contributed by atoms with van der Waals surface area (Å²) in [4.78, 5) is 0.535. The van der Waals surface area contributed by atoms with Crippen molar-refractivity contribution in [1.29, 1.82) is 0 Å². The van der Waals surface area contributed by atoms with E-state index in [0.29, 0.717) is 18.0 Å². The zero-order chi connectivity index (χ0) is 16.1. The number of aryl methyl sites for hydroxylation is 2. The van der Waals surface area contributed by atoms with E-state index in [-0.39, 0.29) is 17.8 Å². The second-order valence-corrected chi connectivity index (χ2v) is 8.98. The Kier molecular flexibility index (Phi) is 5.17. The zero-order valence-corrected chi connectivity index (χ0v) is 16.0. The Morgan fingerprint density at radius 3 is 2.22 bits per heavy atom. The number of halogens is 1. The molecule has 1 aromatic carbocycles. The van der Waals surface area contributed by atoms with E-state index in [2.05, 4.69) is 11.4 Å². The number of benzene rings is 1. The van der Waals surface area contributed by atoms with Gasteiger partial charge in [0, 0.05) is 19.6 Å². The number of nitrogens with one attached hydrogen (secondary N) is 1. The van der Waals surface area contributed by atoms with Crippen LogP contribution in [0.3, 0.4) is 0 Å². The van der Waals surface area contributed by atoms with Gasteiger partial charge in [-0.2, -0.15) is 4.31 Å². The lowest BCUT2D eigenvalue weighted by atomic mass is 9.87. The van der Waals surface area contributed by atoms with E-state index in [4.69, 9.17) is 0 Å². The molecule has 0 radical (unpaired) electrons. The lowest BCUT2D eigenvalue weighted by Crippen LogP contribution is -2.34. The molecule has 23 heavy (non-hydrogen) atoms. The molecule has 130 valence electrons. The van der Waals surface area contributed by atoms with Crippen molar-refractivity contribution in [2.45, 2.75) is 45.4 Å². The van der Waals surface area contributed by atoms with Crippen molar-refractivity contribution >= 4 is 22.4 Å². The van der Waals surface area contributed by atoms with Gasteiger partial charge < -0.3 is 5.32 Å². The third kappa shape index (κ3) is 3.04. The van der Waals surface area contributed by atoms with Gasteiger partial charge in [0.15, 0.2) is 0 Å². The van der Waals surface area contributed by atoms with Crippen LogP contribution in [0.25, 0.3) is 0 Å². The van der Waals surface area contributed by atoms with Crippen LogP contribution >= 0.6 is 12.4 Å². The standard InChI is InChI=1S/C17H26N2O2S.ClH/c1-12-9-13(2)15(4)16(14(12)3)22(20,21)19-8-6-17(11-19)5-7-18-10-17;/h9,18H,5-8,10-11H2,1-4H3;1H. The number of hydrogen-bond acceptors (Lipinski definition) is 3. The number of nitrogens with zero attached hydrogens (tertiary/aromatic N) is 1. The average Bonchev–Trinajstić information content (AvgIpc) is 3.08. The highest BCUT2D eigenvalue weighted by molar-refractivity contribution is 7.89. The number of hydrogen-bond donors (Lipinski definition) is 1. The predicted molar refractivity (Wildman–Crippen MR) is 95.9 cm³/mol. The van der Waals surface area contributed by atoms with Gasteiger partial charge in [0.05, 0.1) is 4.90 Å². The predicted octanol–water partition coefficient (Wildman–Crippen LogP) is 2.72. The van der Waals surface area contributed by atoms with Crippen LogP contribution in [-0.2, 0) is 10.0 Å². The summed E-state index contributed by atoms with van der Waals surface area (Å²) in [6.45, 7) is 11.1. The van der Waals surface area contributed by atoms with Gasteiger partial charge >= 0.3 is 0 Å². The average molecular weight is 359 g/mol. The largest absolute Gasteiger partial charge is 0.316 e. The number of sulfonamides is 1. The van der Waals surface area contributed by atoms with Crippen LogP contribution in [0.2, 0.25) is 0 Å². The molecule has 0 aliphatic carbocycles. The van der Waals surface area contributed by atoms with Gasteiger partial charge in [0.25, 0.3) is 0 Å². The number of rotatable bonds is 2. The van der Waals surface area contributed by atoms with Gasteiger partial charge in [-0.1, -0.05) is 6.07 Å². The molecule has 0 bridgehead atoms. The highest BCUT2D eigenvalue weighted by Gasteiger charge is 2.45. The SMILES string of the molecule is Cc1cc(C)c(C)c(S(=O)(=O)N2CCC3(CCNC3)C2)c1C.Cl. The maximum atomic E-state index is 13.2. The van der Waals surface area contributed by atoms with Gasteiger partial charge in [-0.3, -0.25) is 0 Å². The molecule has 0 aromatic heterocycles. The molecule has 1 unspecified atom stereocenters. The van der Waals surface area contributed by atoms with Crippen molar-refractivity contribution in [2.24, 2.45) is 5.41 Å². The van der Waals surface area contributed by atoms with E-state index in [9.17, 15) is 8.42 Å². The summed E-state index contributed by atoms with van der Waals surface area (Å²) in [5, 5.41) is 3.39. The third-order valence-corrected chi connectivity index (χ3v) is 7.75. The van der Waals surface area contributed by atoms with Crippen LogP contribution in [0, 0.1) is 33.1 Å². The summed E-state index contributed by atoms with van der Waals surface area (Å²) in [6, 6.07) is 2.08. The summed E-state index contributed by atoms with van der Waals surface area (Å²) < 4.78 is 28.2. The van der Waals surface area contributed by atoms with Crippen molar-refractivity contribution in [3.05, 3.63) is 28.3 Å². The Balaban J connectivity index is 0.00000192. The van der Waals surface area contributed by atoms with E-state index < -0.39 is 10.0 Å². The Morgan fingerprint density at radius 1 is 1.09 bits per heavy atom. The van der Waals surface area contributed by atoms with Crippen LogP contribution in [-0.4, -0.2) is 38.9 Å². The lowest BCUT2D eigenvalue weighted by Gasteiger charge is -2.24. The molecule has 1 N–H and O–H groups in total. The molecule has 1 spiro atoms. The summed E-state index contributed by atoms with van der Waals surface area (Å²) in [6.07, 6.45) is 2.06. The molecule has 3 rings (SSSR count). The summed E-state index contributed by atoms with van der Waals surface area (Å²) in [5.74, 6) is 0. The Hall–Kier alpha value is -0.620. The van der Waals surface area contributed by atoms with Gasteiger partial charge in [0.1, 0.15) is 0 Å². The first-order chi connectivity index (χ1) is 10.3. The Morgan fingerprint density at radius 2 is 1.70 bits per heavy atom. The van der Waals surface area contributed by atoms with E-state index in [0.717, 1.165) is 48.2 Å². The summed E-state index contributed by atoms with van der Waals surface area (Å²) >= 11 is 0. The van der Waals surface area contributed by atoms with E-state index >= 15 is 0 Å². The molecule has 2 fully saturated rings. The molecule has 2 heterocycles. The first-order valence-electron chi connectivity index (χ1n) is 8.05. The first-order valence-corrected chi connectivity index (χ1v) is 9.49. The van der Waals surface area contributed by atoms with Gasteiger partial charge in [0.2, 0.25) is 10.0 Å². The Bertz CT molecular complexity index is 684. The van der Waals surface area contributed by atoms with E-state index in [1.165, 1.54) is 0 Å². The maximum Gasteiger partial charge on any atom is 0.243 e. The third-order valence-electron chi connectivity index (χ3n) is 5.63. The summed E-state index contributed by atoms with van der Waals surface area (Å²) in [5.41, 5.74) is 4.06. The summed E-state index contributed by atoms with van der Waals surface area (Å²) in [7, 11) is -3.40. The van der Waals surface area contributed by atoms with Gasteiger partial charge in [-0.25, -0.2) is 8.42 Å². The smallest absolute Gasteiger partial charge is 0.243 e. The van der Waals surface area contributed by atoms with E-state index in [1.54, 1.807) is 4.31 Å². The second kappa shape index (κ2) is 6.36. The molecule has 2 aliphatic rings. The molecular formula is C17H27ClN2O2S. The van der Waals surface area contributed by atoms with Gasteiger partial charge in [-0.05, 0) is 74.8 Å².